The van der Waals surface area contributed by atoms with E-state index in [4.69, 9.17) is 9.47 Å². The number of esters is 1. The van der Waals surface area contributed by atoms with Crippen molar-refractivity contribution in [2.75, 3.05) is 26.8 Å². The van der Waals surface area contributed by atoms with E-state index in [-0.39, 0.29) is 12.1 Å². The molecule has 2 aromatic rings. The van der Waals surface area contributed by atoms with E-state index in [2.05, 4.69) is 47.4 Å². The summed E-state index contributed by atoms with van der Waals surface area (Å²) < 4.78 is 10.4. The van der Waals surface area contributed by atoms with Crippen LogP contribution >= 0.6 is 0 Å². The third kappa shape index (κ3) is 3.46. The lowest BCUT2D eigenvalue weighted by Gasteiger charge is -2.32. The molecule has 1 fully saturated rings. The summed E-state index contributed by atoms with van der Waals surface area (Å²) >= 11 is 0. The highest BCUT2D eigenvalue weighted by molar-refractivity contribution is 5.85. The molecule has 0 amide bonds. The summed E-state index contributed by atoms with van der Waals surface area (Å²) in [6.07, 6.45) is 0.249. The molecule has 22 heavy (non-hydrogen) atoms. The fourth-order valence-corrected chi connectivity index (χ4v) is 2.99. The van der Waals surface area contributed by atoms with Crippen LogP contribution in [-0.2, 0) is 20.8 Å². The molecule has 0 saturated carbocycles. The molecule has 1 atom stereocenters. The van der Waals surface area contributed by atoms with Crippen LogP contribution < -0.4 is 0 Å². The molecule has 0 N–H and O–H groups in total. The number of hydrogen-bond donors (Lipinski definition) is 0. The molecule has 4 nitrogen and oxygen atoms in total. The van der Waals surface area contributed by atoms with E-state index < -0.39 is 0 Å². The van der Waals surface area contributed by atoms with Crippen molar-refractivity contribution in [1.82, 2.24) is 4.90 Å². The van der Waals surface area contributed by atoms with Crippen LogP contribution in [0.25, 0.3) is 10.8 Å². The minimum absolute atomic E-state index is 0.0730. The Labute approximate surface area is 130 Å². The largest absolute Gasteiger partial charge is 0.469 e. The number of morpholine rings is 1. The summed E-state index contributed by atoms with van der Waals surface area (Å²) in [5.41, 5.74) is 1.32. The Hall–Kier alpha value is -1.91. The van der Waals surface area contributed by atoms with Crippen LogP contribution in [0.4, 0.5) is 0 Å². The van der Waals surface area contributed by atoms with Crippen molar-refractivity contribution < 1.29 is 14.3 Å². The number of carbonyl (C=O) groups is 1. The van der Waals surface area contributed by atoms with Gasteiger partial charge in [0.15, 0.2) is 0 Å². The second kappa shape index (κ2) is 6.90. The maximum Gasteiger partial charge on any atom is 0.308 e. The molecule has 1 saturated heterocycles. The Morgan fingerprint density at radius 2 is 2.09 bits per heavy atom. The van der Waals surface area contributed by atoms with Crippen LogP contribution in [0.5, 0.6) is 0 Å². The molecule has 1 aliphatic rings. The molecule has 3 rings (SSSR count). The van der Waals surface area contributed by atoms with E-state index in [0.29, 0.717) is 13.0 Å². The lowest BCUT2D eigenvalue weighted by atomic mass is 10.0. The molecular weight excluding hydrogens is 278 g/mol. The predicted octanol–water partition coefficient (Wildman–Crippen LogP) is 2.60. The van der Waals surface area contributed by atoms with Gasteiger partial charge in [-0.15, -0.1) is 0 Å². The molecule has 0 aliphatic carbocycles. The zero-order valence-electron chi connectivity index (χ0n) is 12.8. The Morgan fingerprint density at radius 1 is 1.27 bits per heavy atom. The Kier molecular flexibility index (Phi) is 4.71. The maximum absolute atomic E-state index is 11.4. The summed E-state index contributed by atoms with van der Waals surface area (Å²) in [5, 5.41) is 2.56. The quantitative estimate of drug-likeness (QED) is 0.814. The van der Waals surface area contributed by atoms with Crippen molar-refractivity contribution in [2.24, 2.45) is 0 Å². The lowest BCUT2D eigenvalue weighted by molar-refractivity contribution is -0.145. The van der Waals surface area contributed by atoms with Gasteiger partial charge >= 0.3 is 5.97 Å². The van der Waals surface area contributed by atoms with Gasteiger partial charge in [0.2, 0.25) is 0 Å². The lowest BCUT2D eigenvalue weighted by Crippen LogP contribution is -2.42. The van der Waals surface area contributed by atoms with Crippen molar-refractivity contribution in [2.45, 2.75) is 19.1 Å². The standard InChI is InChI=1S/C18H21NO3/c1-21-18(20)11-16-13-19(9-10-22-16)12-15-7-4-6-14-5-2-3-8-17(14)15/h2-8,16H,9-13H2,1H3. The molecule has 2 aromatic carbocycles. The van der Waals surface area contributed by atoms with E-state index in [1.165, 1.54) is 23.4 Å². The van der Waals surface area contributed by atoms with Crippen LogP contribution in [0.1, 0.15) is 12.0 Å². The topological polar surface area (TPSA) is 38.8 Å². The van der Waals surface area contributed by atoms with E-state index in [1.54, 1.807) is 0 Å². The van der Waals surface area contributed by atoms with Crippen molar-refractivity contribution in [3.8, 4) is 0 Å². The highest BCUT2D eigenvalue weighted by Gasteiger charge is 2.23. The highest BCUT2D eigenvalue weighted by Crippen LogP contribution is 2.21. The first-order valence-electron chi connectivity index (χ1n) is 7.63. The second-order valence-corrected chi connectivity index (χ2v) is 5.65. The number of ether oxygens (including phenoxy) is 2. The van der Waals surface area contributed by atoms with Gasteiger partial charge in [-0.05, 0) is 16.3 Å². The van der Waals surface area contributed by atoms with Gasteiger partial charge in [-0.3, -0.25) is 9.69 Å². The van der Waals surface area contributed by atoms with Crippen LogP contribution in [0.2, 0.25) is 0 Å². The van der Waals surface area contributed by atoms with Crippen molar-refractivity contribution in [3.63, 3.8) is 0 Å². The molecule has 116 valence electrons. The van der Waals surface area contributed by atoms with E-state index in [1.807, 2.05) is 0 Å². The van der Waals surface area contributed by atoms with Gasteiger partial charge in [0.05, 0.1) is 26.2 Å². The summed E-state index contributed by atoms with van der Waals surface area (Å²) in [4.78, 5) is 13.7. The zero-order valence-corrected chi connectivity index (χ0v) is 12.8. The molecule has 4 heteroatoms. The van der Waals surface area contributed by atoms with Crippen LogP contribution in [-0.4, -0.2) is 43.8 Å². The van der Waals surface area contributed by atoms with Crippen molar-refractivity contribution in [3.05, 3.63) is 48.0 Å². The molecular formula is C18H21NO3. The molecule has 0 bridgehead atoms. The van der Waals surface area contributed by atoms with Crippen molar-refractivity contribution in [1.29, 1.82) is 0 Å². The number of methoxy groups -OCH3 is 1. The summed E-state index contributed by atoms with van der Waals surface area (Å²) in [5.74, 6) is -0.211. The molecule has 0 spiro atoms. The van der Waals surface area contributed by atoms with Crippen LogP contribution in [0, 0.1) is 0 Å². The molecule has 0 radical (unpaired) electrons. The number of benzene rings is 2. The minimum Gasteiger partial charge on any atom is -0.469 e. The number of rotatable bonds is 4. The zero-order chi connectivity index (χ0) is 15.4. The van der Waals surface area contributed by atoms with Crippen molar-refractivity contribution >= 4 is 16.7 Å². The van der Waals surface area contributed by atoms with Gasteiger partial charge in [0.1, 0.15) is 0 Å². The SMILES string of the molecule is COC(=O)CC1CN(Cc2cccc3ccccc23)CCO1. The second-order valence-electron chi connectivity index (χ2n) is 5.65. The first-order valence-corrected chi connectivity index (χ1v) is 7.63. The van der Waals surface area contributed by atoms with Crippen LogP contribution in [0.3, 0.4) is 0 Å². The third-order valence-electron chi connectivity index (χ3n) is 4.12. The summed E-state index contributed by atoms with van der Waals surface area (Å²) in [6.45, 7) is 3.19. The smallest absolute Gasteiger partial charge is 0.308 e. The Bertz CT molecular complexity index is 650. The monoisotopic (exact) mass is 299 g/mol. The van der Waals surface area contributed by atoms with E-state index in [0.717, 1.165) is 19.6 Å². The fourth-order valence-electron chi connectivity index (χ4n) is 2.99. The normalized spacial score (nSPS) is 19.2. The fraction of sp³-hybridized carbons (Fsp3) is 0.389. The summed E-state index contributed by atoms with van der Waals surface area (Å²) in [6, 6.07) is 14.9. The average molecular weight is 299 g/mol. The average Bonchev–Trinajstić information content (AvgIpc) is 2.55. The van der Waals surface area contributed by atoms with Gasteiger partial charge in [-0.25, -0.2) is 0 Å². The van der Waals surface area contributed by atoms with E-state index >= 15 is 0 Å². The summed E-state index contributed by atoms with van der Waals surface area (Å²) in [7, 11) is 1.42. The Morgan fingerprint density at radius 3 is 2.95 bits per heavy atom. The molecule has 1 unspecified atom stereocenters. The highest BCUT2D eigenvalue weighted by atomic mass is 16.5. The molecule has 1 heterocycles. The number of fused-ring (bicyclic) bond motifs is 1. The van der Waals surface area contributed by atoms with E-state index in [9.17, 15) is 4.79 Å². The predicted molar refractivity (Wildman–Crippen MR) is 85.6 cm³/mol. The molecule has 1 aliphatic heterocycles. The van der Waals surface area contributed by atoms with Gasteiger partial charge in [0.25, 0.3) is 0 Å². The Balaban J connectivity index is 1.70. The first-order chi connectivity index (χ1) is 10.8. The maximum atomic E-state index is 11.4. The molecule has 0 aromatic heterocycles. The minimum atomic E-state index is -0.211. The number of hydrogen-bond acceptors (Lipinski definition) is 4. The third-order valence-corrected chi connectivity index (χ3v) is 4.12. The van der Waals surface area contributed by atoms with Gasteiger partial charge in [0, 0.05) is 19.6 Å². The van der Waals surface area contributed by atoms with Gasteiger partial charge in [-0.2, -0.15) is 0 Å². The number of nitrogens with zero attached hydrogens (tertiary/aromatic N) is 1. The first kappa shape index (κ1) is 15.0. The number of carbonyl (C=O) groups excluding carboxylic acids is 1. The van der Waals surface area contributed by atoms with Gasteiger partial charge < -0.3 is 9.47 Å². The van der Waals surface area contributed by atoms with Crippen LogP contribution in [0.15, 0.2) is 42.5 Å². The van der Waals surface area contributed by atoms with Gasteiger partial charge in [-0.1, -0.05) is 42.5 Å².